The molecule has 190 valence electrons. The van der Waals surface area contributed by atoms with Crippen LogP contribution in [0.3, 0.4) is 0 Å². The number of nitrogens with zero attached hydrogens (tertiary/aromatic N) is 2. The highest BCUT2D eigenvalue weighted by Gasteiger charge is 2.37. The van der Waals surface area contributed by atoms with Crippen molar-refractivity contribution in [3.63, 3.8) is 0 Å². The molecule has 4 aromatic rings. The van der Waals surface area contributed by atoms with Crippen LogP contribution < -0.4 is 4.74 Å². The number of ketones is 1. The molecule has 5 rings (SSSR count). The topological polar surface area (TPSA) is 82.9 Å². The number of rotatable bonds is 8. The molecular formula is C31H32N2O4. The number of likely N-dealkylation sites (tertiary alicyclic amines) is 1. The molecule has 1 unspecified atom stereocenters. The molecule has 1 aliphatic heterocycles. The van der Waals surface area contributed by atoms with E-state index in [1.54, 1.807) is 18.3 Å². The Kier molecular flexibility index (Phi) is 7.33. The van der Waals surface area contributed by atoms with Crippen LogP contribution in [0.15, 0.2) is 85.2 Å². The number of carbonyl (C=O) groups excluding carboxylic acids is 1. The Morgan fingerprint density at radius 2 is 1.76 bits per heavy atom. The average molecular weight is 497 g/mol. The number of hydrogen-bond donors (Lipinski definition) is 2. The summed E-state index contributed by atoms with van der Waals surface area (Å²) in [4.78, 5) is 19.4. The third-order valence-electron chi connectivity index (χ3n) is 7.27. The van der Waals surface area contributed by atoms with Crippen LogP contribution in [0.1, 0.15) is 46.3 Å². The van der Waals surface area contributed by atoms with Crippen molar-refractivity contribution in [1.29, 1.82) is 0 Å². The molecule has 37 heavy (non-hydrogen) atoms. The molecule has 1 fully saturated rings. The second-order valence-electron chi connectivity index (χ2n) is 9.79. The Balaban J connectivity index is 1.19. The van der Waals surface area contributed by atoms with Crippen LogP contribution in [0.4, 0.5) is 0 Å². The minimum Gasteiger partial charge on any atom is -0.493 e. The minimum atomic E-state index is -0.977. The number of carbonyl (C=O) groups is 1. The Bertz CT molecular complexity index is 1380. The van der Waals surface area contributed by atoms with Crippen molar-refractivity contribution < 1.29 is 19.7 Å². The normalized spacial score (nSPS) is 16.4. The third kappa shape index (κ3) is 5.42. The zero-order chi connectivity index (χ0) is 25.8. The quantitative estimate of drug-likeness (QED) is 0.340. The first-order chi connectivity index (χ1) is 17.9. The molecule has 6 nitrogen and oxygen atoms in total. The van der Waals surface area contributed by atoms with E-state index in [4.69, 9.17) is 4.74 Å². The van der Waals surface area contributed by atoms with Gasteiger partial charge in [-0.3, -0.25) is 14.7 Å². The van der Waals surface area contributed by atoms with Gasteiger partial charge in [0.2, 0.25) is 0 Å². The van der Waals surface area contributed by atoms with Crippen LogP contribution in [0.2, 0.25) is 0 Å². The van der Waals surface area contributed by atoms with Crippen LogP contribution in [0.5, 0.6) is 5.75 Å². The summed E-state index contributed by atoms with van der Waals surface area (Å²) in [6, 6.07) is 22.7. The lowest BCUT2D eigenvalue weighted by Crippen LogP contribution is -2.47. The maximum Gasteiger partial charge on any atom is 0.196 e. The van der Waals surface area contributed by atoms with E-state index >= 15 is 0 Å². The van der Waals surface area contributed by atoms with E-state index in [1.165, 1.54) is 0 Å². The molecule has 0 spiro atoms. The van der Waals surface area contributed by atoms with Crippen molar-refractivity contribution in [2.24, 2.45) is 0 Å². The zero-order valence-corrected chi connectivity index (χ0v) is 21.0. The van der Waals surface area contributed by atoms with Crippen LogP contribution in [-0.2, 0) is 5.60 Å². The van der Waals surface area contributed by atoms with E-state index in [-0.39, 0.29) is 12.4 Å². The van der Waals surface area contributed by atoms with Gasteiger partial charge in [-0.2, -0.15) is 0 Å². The number of piperidine rings is 1. The highest BCUT2D eigenvalue weighted by Crippen LogP contribution is 2.37. The lowest BCUT2D eigenvalue weighted by molar-refractivity contribution is -0.0814. The molecule has 6 heteroatoms. The van der Waals surface area contributed by atoms with Gasteiger partial charge in [-0.15, -0.1) is 0 Å². The van der Waals surface area contributed by atoms with Crippen molar-refractivity contribution >= 4 is 16.6 Å². The molecule has 0 saturated carbocycles. The number of aromatic nitrogens is 1. The number of benzene rings is 3. The van der Waals surface area contributed by atoms with E-state index in [1.807, 2.05) is 78.7 Å². The summed E-state index contributed by atoms with van der Waals surface area (Å²) in [5.74, 6) is 0.432. The van der Waals surface area contributed by atoms with Gasteiger partial charge in [0.1, 0.15) is 12.0 Å². The molecule has 3 aromatic carbocycles. The summed E-state index contributed by atoms with van der Waals surface area (Å²) in [7, 11) is 0. The Morgan fingerprint density at radius 1 is 1.03 bits per heavy atom. The molecule has 0 aliphatic carbocycles. The maximum atomic E-state index is 13.1. The summed E-state index contributed by atoms with van der Waals surface area (Å²) in [6.07, 6.45) is 4.28. The minimum absolute atomic E-state index is 0.0851. The number of pyridine rings is 1. The number of fused-ring (bicyclic) bond motifs is 1. The smallest absolute Gasteiger partial charge is 0.196 e. The number of aliphatic hydroxyl groups excluding tert-OH is 1. The predicted molar refractivity (Wildman–Crippen MR) is 144 cm³/mol. The SMILES string of the molecule is Cc1ccc(OCCC(O)N2CCC(O)(c3cncc4ccccc34)CC2)c(C(=O)c2ccccc2)c1. The molecule has 2 N–H and O–H groups in total. The Morgan fingerprint density at radius 3 is 2.54 bits per heavy atom. The first-order valence-electron chi connectivity index (χ1n) is 12.8. The number of ether oxygens (including phenoxy) is 1. The van der Waals surface area contributed by atoms with Crippen molar-refractivity contribution in [1.82, 2.24) is 9.88 Å². The largest absolute Gasteiger partial charge is 0.493 e. The van der Waals surface area contributed by atoms with Gasteiger partial charge < -0.3 is 14.9 Å². The van der Waals surface area contributed by atoms with Crippen LogP contribution in [-0.4, -0.2) is 51.8 Å². The molecule has 1 saturated heterocycles. The molecule has 0 radical (unpaired) electrons. The zero-order valence-electron chi connectivity index (χ0n) is 21.0. The van der Waals surface area contributed by atoms with Gasteiger partial charge >= 0.3 is 0 Å². The van der Waals surface area contributed by atoms with E-state index in [2.05, 4.69) is 4.98 Å². The summed E-state index contributed by atoms with van der Waals surface area (Å²) >= 11 is 0. The van der Waals surface area contributed by atoms with Gasteiger partial charge in [0, 0.05) is 48.4 Å². The monoisotopic (exact) mass is 496 g/mol. The van der Waals surface area contributed by atoms with Crippen molar-refractivity contribution in [3.05, 3.63) is 107 Å². The van der Waals surface area contributed by atoms with E-state index in [0.29, 0.717) is 49.2 Å². The van der Waals surface area contributed by atoms with Gasteiger partial charge in [0.05, 0.1) is 17.8 Å². The molecule has 0 bridgehead atoms. The fourth-order valence-electron chi connectivity index (χ4n) is 5.10. The van der Waals surface area contributed by atoms with Crippen molar-refractivity contribution in [2.75, 3.05) is 19.7 Å². The molecule has 0 amide bonds. The van der Waals surface area contributed by atoms with Crippen LogP contribution >= 0.6 is 0 Å². The average Bonchev–Trinajstić information content (AvgIpc) is 2.94. The van der Waals surface area contributed by atoms with Crippen molar-refractivity contribution in [3.8, 4) is 5.75 Å². The summed E-state index contributed by atoms with van der Waals surface area (Å²) < 4.78 is 5.99. The van der Waals surface area contributed by atoms with Crippen LogP contribution in [0.25, 0.3) is 10.8 Å². The Hall–Kier alpha value is -3.58. The number of aliphatic hydroxyl groups is 2. The van der Waals surface area contributed by atoms with E-state index in [9.17, 15) is 15.0 Å². The number of hydrogen-bond acceptors (Lipinski definition) is 6. The first-order valence-corrected chi connectivity index (χ1v) is 12.8. The van der Waals surface area contributed by atoms with Crippen LogP contribution in [0, 0.1) is 6.92 Å². The van der Waals surface area contributed by atoms with Gasteiger partial charge in [-0.25, -0.2) is 0 Å². The second-order valence-corrected chi connectivity index (χ2v) is 9.79. The fourth-order valence-corrected chi connectivity index (χ4v) is 5.10. The second kappa shape index (κ2) is 10.8. The highest BCUT2D eigenvalue weighted by molar-refractivity contribution is 6.10. The van der Waals surface area contributed by atoms with Crippen molar-refractivity contribution in [2.45, 2.75) is 38.0 Å². The lowest BCUT2D eigenvalue weighted by atomic mass is 9.83. The predicted octanol–water partition coefficient (Wildman–Crippen LogP) is 4.85. The summed E-state index contributed by atoms with van der Waals surface area (Å²) in [6.45, 7) is 3.33. The molecule has 1 atom stereocenters. The Labute approximate surface area is 217 Å². The summed E-state index contributed by atoms with van der Waals surface area (Å²) in [5, 5.41) is 24.3. The van der Waals surface area contributed by atoms with Gasteiger partial charge in [0.15, 0.2) is 5.78 Å². The van der Waals surface area contributed by atoms with E-state index in [0.717, 1.165) is 21.9 Å². The fraction of sp³-hybridized carbons (Fsp3) is 0.290. The standard InChI is InChI=1S/C31H32N2O4/c1-22-11-12-28(26(19-22)30(35)23-7-3-2-4-8-23)37-18-13-29(34)33-16-14-31(36,15-17-33)27-21-32-20-24-9-5-6-10-25(24)27/h2-12,19-21,29,34,36H,13-18H2,1H3. The van der Waals surface area contributed by atoms with Gasteiger partial charge in [-0.1, -0.05) is 66.2 Å². The molecular weight excluding hydrogens is 464 g/mol. The third-order valence-corrected chi connectivity index (χ3v) is 7.27. The maximum absolute atomic E-state index is 13.1. The lowest BCUT2D eigenvalue weighted by Gasteiger charge is -2.40. The first kappa shape index (κ1) is 25.1. The number of aryl methyl sites for hydroxylation is 1. The molecule has 1 aromatic heterocycles. The van der Waals surface area contributed by atoms with Gasteiger partial charge in [0.25, 0.3) is 0 Å². The van der Waals surface area contributed by atoms with E-state index < -0.39 is 11.8 Å². The molecule has 2 heterocycles. The highest BCUT2D eigenvalue weighted by atomic mass is 16.5. The summed E-state index contributed by atoms with van der Waals surface area (Å²) in [5.41, 5.74) is 1.98. The molecule has 1 aliphatic rings. The van der Waals surface area contributed by atoms with Gasteiger partial charge in [-0.05, 0) is 37.3 Å².